The third-order valence-electron chi connectivity index (χ3n) is 2.83. The maximum atomic E-state index is 12.0. The van der Waals surface area contributed by atoms with Crippen LogP contribution in [-0.4, -0.2) is 33.9 Å². The van der Waals surface area contributed by atoms with Crippen molar-refractivity contribution in [3.05, 3.63) is 30.1 Å². The molecule has 0 saturated heterocycles. The highest BCUT2D eigenvalue weighted by molar-refractivity contribution is 5.97. The van der Waals surface area contributed by atoms with Crippen LogP contribution >= 0.6 is 0 Å². The fraction of sp³-hybridized carbons (Fsp3) is 0.400. The largest absolute Gasteiger partial charge is 0.352 e. The summed E-state index contributed by atoms with van der Waals surface area (Å²) in [5.41, 5.74) is 1.92. The average Bonchev–Trinajstić information content (AvgIpc) is 2.83. The molecule has 0 aliphatic heterocycles. The summed E-state index contributed by atoms with van der Waals surface area (Å²) in [6.45, 7) is 6.07. The predicted molar refractivity (Wildman–Crippen MR) is 80.9 cm³/mol. The topological polar surface area (TPSA) is 86.9 Å². The van der Waals surface area contributed by atoms with Gasteiger partial charge in [0.1, 0.15) is 0 Å². The fourth-order valence-corrected chi connectivity index (χ4v) is 1.95. The van der Waals surface area contributed by atoms with Crippen LogP contribution in [-0.2, 0) is 4.79 Å². The summed E-state index contributed by atoms with van der Waals surface area (Å²) in [4.78, 5) is 30.7. The SMILES string of the molecule is CC(C)(C)NC(=O)CCNC(=O)c1ccc2nc[nH]c2c1. The lowest BCUT2D eigenvalue weighted by Gasteiger charge is -2.20. The molecule has 112 valence electrons. The van der Waals surface area contributed by atoms with Gasteiger partial charge in [-0.25, -0.2) is 4.98 Å². The third kappa shape index (κ3) is 4.30. The van der Waals surface area contributed by atoms with Crippen molar-refractivity contribution in [3.63, 3.8) is 0 Å². The molecule has 3 N–H and O–H groups in total. The quantitative estimate of drug-likeness (QED) is 0.798. The number of nitrogens with one attached hydrogen (secondary N) is 3. The Labute approximate surface area is 123 Å². The van der Waals surface area contributed by atoms with E-state index in [1.165, 1.54) is 0 Å². The number of aromatic nitrogens is 2. The zero-order valence-corrected chi connectivity index (χ0v) is 12.5. The number of amides is 2. The molecule has 0 fully saturated rings. The zero-order valence-electron chi connectivity index (χ0n) is 12.5. The number of hydrogen-bond donors (Lipinski definition) is 3. The molecule has 6 nitrogen and oxygen atoms in total. The molecule has 0 unspecified atom stereocenters. The van der Waals surface area contributed by atoms with Gasteiger partial charge in [0.2, 0.25) is 5.91 Å². The molecule has 2 amide bonds. The number of fused-ring (bicyclic) bond motifs is 1. The van der Waals surface area contributed by atoms with E-state index in [-0.39, 0.29) is 23.8 Å². The molecule has 0 aliphatic carbocycles. The van der Waals surface area contributed by atoms with Crippen molar-refractivity contribution in [2.75, 3.05) is 6.54 Å². The molecule has 2 rings (SSSR count). The van der Waals surface area contributed by atoms with Crippen LogP contribution in [0.15, 0.2) is 24.5 Å². The first-order valence-corrected chi connectivity index (χ1v) is 6.87. The maximum absolute atomic E-state index is 12.0. The molecule has 0 spiro atoms. The molecule has 1 heterocycles. The molecule has 2 aromatic rings. The van der Waals surface area contributed by atoms with Gasteiger partial charge in [-0.1, -0.05) is 0 Å². The normalized spacial score (nSPS) is 11.4. The smallest absolute Gasteiger partial charge is 0.251 e. The summed E-state index contributed by atoms with van der Waals surface area (Å²) < 4.78 is 0. The average molecular weight is 288 g/mol. The number of hydrogen-bond acceptors (Lipinski definition) is 3. The molecule has 0 radical (unpaired) electrons. The maximum Gasteiger partial charge on any atom is 0.251 e. The van der Waals surface area contributed by atoms with Gasteiger partial charge in [-0.15, -0.1) is 0 Å². The Bertz CT molecular complexity index is 655. The van der Waals surface area contributed by atoms with Crippen LogP contribution in [0.3, 0.4) is 0 Å². The highest BCUT2D eigenvalue weighted by atomic mass is 16.2. The first-order chi connectivity index (χ1) is 9.85. The van der Waals surface area contributed by atoms with Crippen LogP contribution in [0.1, 0.15) is 37.6 Å². The van der Waals surface area contributed by atoms with Gasteiger partial charge < -0.3 is 15.6 Å². The Hall–Kier alpha value is -2.37. The van der Waals surface area contributed by atoms with Crippen molar-refractivity contribution < 1.29 is 9.59 Å². The molecule has 0 aliphatic rings. The lowest BCUT2D eigenvalue weighted by molar-refractivity contribution is -0.122. The van der Waals surface area contributed by atoms with Crippen LogP contribution in [0, 0.1) is 0 Å². The number of aromatic amines is 1. The van der Waals surface area contributed by atoms with Crippen LogP contribution in [0.25, 0.3) is 11.0 Å². The number of nitrogens with zero attached hydrogens (tertiary/aromatic N) is 1. The molecule has 0 saturated carbocycles. The standard InChI is InChI=1S/C15H20N4O2/c1-15(2,3)19-13(20)6-7-16-14(21)10-4-5-11-12(8-10)18-9-17-11/h4-5,8-9H,6-7H2,1-3H3,(H,16,21)(H,17,18)(H,19,20). The van der Waals surface area contributed by atoms with Gasteiger partial charge in [0, 0.05) is 24.1 Å². The van der Waals surface area contributed by atoms with Crippen molar-refractivity contribution in [3.8, 4) is 0 Å². The third-order valence-corrected chi connectivity index (χ3v) is 2.83. The van der Waals surface area contributed by atoms with E-state index in [0.717, 1.165) is 11.0 Å². The summed E-state index contributed by atoms with van der Waals surface area (Å²) in [5.74, 6) is -0.276. The fourth-order valence-electron chi connectivity index (χ4n) is 1.95. The highest BCUT2D eigenvalue weighted by Crippen LogP contribution is 2.11. The van der Waals surface area contributed by atoms with Crippen LogP contribution < -0.4 is 10.6 Å². The molecule has 6 heteroatoms. The van der Waals surface area contributed by atoms with Crippen molar-refractivity contribution >= 4 is 22.8 Å². The molecule has 0 bridgehead atoms. The lowest BCUT2D eigenvalue weighted by atomic mass is 10.1. The minimum atomic E-state index is -0.257. The lowest BCUT2D eigenvalue weighted by Crippen LogP contribution is -2.41. The summed E-state index contributed by atoms with van der Waals surface area (Å²) in [7, 11) is 0. The van der Waals surface area contributed by atoms with Crippen LogP contribution in [0.2, 0.25) is 0 Å². The van der Waals surface area contributed by atoms with Crippen molar-refractivity contribution in [1.82, 2.24) is 20.6 Å². The first kappa shape index (κ1) is 15.0. The van der Waals surface area contributed by atoms with Gasteiger partial charge in [-0.2, -0.15) is 0 Å². The second-order valence-corrected chi connectivity index (χ2v) is 5.94. The minimum Gasteiger partial charge on any atom is -0.352 e. The Kier molecular flexibility index (Phi) is 4.26. The Morgan fingerprint density at radius 1 is 1.29 bits per heavy atom. The second-order valence-electron chi connectivity index (χ2n) is 5.94. The van der Waals surface area contributed by atoms with Gasteiger partial charge in [0.15, 0.2) is 0 Å². The van der Waals surface area contributed by atoms with Crippen molar-refractivity contribution in [2.24, 2.45) is 0 Å². The number of imidazole rings is 1. The zero-order chi connectivity index (χ0) is 15.5. The number of rotatable bonds is 4. The number of H-pyrrole nitrogens is 1. The van der Waals surface area contributed by atoms with Gasteiger partial charge in [0.25, 0.3) is 5.91 Å². The number of carbonyl (C=O) groups excluding carboxylic acids is 2. The monoisotopic (exact) mass is 288 g/mol. The molecule has 1 aromatic heterocycles. The van der Waals surface area contributed by atoms with Crippen LogP contribution in [0.5, 0.6) is 0 Å². The second kappa shape index (κ2) is 5.95. The van der Waals surface area contributed by atoms with E-state index in [9.17, 15) is 9.59 Å². The van der Waals surface area contributed by atoms with E-state index in [2.05, 4.69) is 20.6 Å². The van der Waals surface area contributed by atoms with E-state index >= 15 is 0 Å². The summed E-state index contributed by atoms with van der Waals surface area (Å²) in [5, 5.41) is 5.59. The molecule has 1 aromatic carbocycles. The summed E-state index contributed by atoms with van der Waals surface area (Å²) in [6, 6.07) is 5.24. The molecular weight excluding hydrogens is 268 g/mol. The molecule has 0 atom stereocenters. The molecule has 21 heavy (non-hydrogen) atoms. The van der Waals surface area contributed by atoms with E-state index in [1.54, 1.807) is 24.5 Å². The van der Waals surface area contributed by atoms with Crippen molar-refractivity contribution in [2.45, 2.75) is 32.7 Å². The Balaban J connectivity index is 1.85. The predicted octanol–water partition coefficient (Wildman–Crippen LogP) is 1.60. The van der Waals surface area contributed by atoms with Crippen molar-refractivity contribution in [1.29, 1.82) is 0 Å². The van der Waals surface area contributed by atoms with Gasteiger partial charge in [-0.3, -0.25) is 9.59 Å². The highest BCUT2D eigenvalue weighted by Gasteiger charge is 2.14. The number of carbonyl (C=O) groups is 2. The Morgan fingerprint density at radius 3 is 2.76 bits per heavy atom. The van der Waals surface area contributed by atoms with Gasteiger partial charge in [0.05, 0.1) is 17.4 Å². The number of benzene rings is 1. The van der Waals surface area contributed by atoms with Crippen LogP contribution in [0.4, 0.5) is 0 Å². The summed E-state index contributed by atoms with van der Waals surface area (Å²) in [6.07, 6.45) is 1.85. The first-order valence-electron chi connectivity index (χ1n) is 6.87. The minimum absolute atomic E-state index is 0.0770. The Morgan fingerprint density at radius 2 is 2.05 bits per heavy atom. The van der Waals surface area contributed by atoms with E-state index < -0.39 is 0 Å². The summed E-state index contributed by atoms with van der Waals surface area (Å²) >= 11 is 0. The van der Waals surface area contributed by atoms with E-state index in [4.69, 9.17) is 0 Å². The van der Waals surface area contributed by atoms with Gasteiger partial charge >= 0.3 is 0 Å². The van der Waals surface area contributed by atoms with E-state index in [1.807, 2.05) is 20.8 Å². The van der Waals surface area contributed by atoms with E-state index in [0.29, 0.717) is 12.1 Å². The van der Waals surface area contributed by atoms with Gasteiger partial charge in [-0.05, 0) is 39.0 Å². The molecular formula is C15H20N4O2.